The maximum absolute atomic E-state index is 14.0. The topological polar surface area (TPSA) is 232 Å². The number of halogens is 1. The number of allylic oxidation sites excluding steroid dienone is 1. The second-order valence-corrected chi connectivity index (χ2v) is 20.6. The Morgan fingerprint density at radius 3 is 1.44 bits per heavy atom. The minimum absolute atomic E-state index is 0.157. The van der Waals surface area contributed by atoms with Gasteiger partial charge in [-0.25, -0.2) is 38.7 Å². The van der Waals surface area contributed by atoms with Crippen LogP contribution in [0.25, 0.3) is 45.1 Å². The van der Waals surface area contributed by atoms with Gasteiger partial charge in [-0.1, -0.05) is 60.7 Å². The molecule has 5 N–H and O–H groups in total. The first-order chi connectivity index (χ1) is 41.3. The van der Waals surface area contributed by atoms with Gasteiger partial charge in [-0.05, 0) is 167 Å². The molecule has 1 amide bonds. The number of fused-ring (bicyclic) bond motifs is 2. The fourth-order valence-electron chi connectivity index (χ4n) is 9.45. The second-order valence-electron chi connectivity index (χ2n) is 20.3. The Labute approximate surface area is 495 Å². The van der Waals surface area contributed by atoms with Crippen LogP contribution in [0.3, 0.4) is 0 Å². The number of rotatable bonds is 18. The minimum Gasteiger partial charge on any atom is -0.457 e. The van der Waals surface area contributed by atoms with Gasteiger partial charge in [-0.2, -0.15) is 0 Å². The van der Waals surface area contributed by atoms with Gasteiger partial charge in [-0.15, -0.1) is 0 Å². The first-order valence-corrected chi connectivity index (χ1v) is 27.9. The minimum atomic E-state index is -0.394. The highest BCUT2D eigenvalue weighted by Crippen LogP contribution is 2.30. The summed E-state index contributed by atoms with van der Waals surface area (Å²) in [7, 11) is 7.66. The normalized spacial score (nSPS) is 13.0. The van der Waals surface area contributed by atoms with E-state index in [9.17, 15) is 19.2 Å². The zero-order valence-electron chi connectivity index (χ0n) is 47.3. The third-order valence-corrected chi connectivity index (χ3v) is 14.4. The van der Waals surface area contributed by atoms with Crippen molar-refractivity contribution < 1.29 is 19.1 Å². The van der Waals surface area contributed by atoms with Crippen LogP contribution in [0.1, 0.15) is 25.7 Å². The third-order valence-electron chi connectivity index (χ3n) is 14.3. The molecule has 2 fully saturated rings. The van der Waals surface area contributed by atoms with Crippen LogP contribution in [0.2, 0.25) is 0 Å². The van der Waals surface area contributed by atoms with Gasteiger partial charge in [0.2, 0.25) is 11.1 Å². The summed E-state index contributed by atoms with van der Waals surface area (Å²) in [5, 5.41) is 2.69. The van der Waals surface area contributed by atoms with Crippen LogP contribution >= 0.6 is 11.6 Å². The van der Waals surface area contributed by atoms with Crippen molar-refractivity contribution in [2.75, 3.05) is 63.0 Å². The zero-order valence-corrected chi connectivity index (χ0v) is 48.0. The van der Waals surface area contributed by atoms with Gasteiger partial charge in [0.1, 0.15) is 46.7 Å². The van der Waals surface area contributed by atoms with Crippen molar-refractivity contribution in [2.24, 2.45) is 0 Å². The molecule has 0 saturated heterocycles. The number of aromatic nitrogens is 8. The first-order valence-electron chi connectivity index (χ1n) is 27.5. The summed E-state index contributed by atoms with van der Waals surface area (Å²) in [6.45, 7) is 1.54. The number of ether oxygens (including phenoxy) is 2. The smallest absolute Gasteiger partial charge is 0.339 e. The van der Waals surface area contributed by atoms with Crippen molar-refractivity contribution in [3.8, 4) is 45.7 Å². The second kappa shape index (κ2) is 26.4. The van der Waals surface area contributed by atoms with Crippen molar-refractivity contribution >= 4 is 68.1 Å². The Kier molecular flexibility index (Phi) is 18.0. The van der Waals surface area contributed by atoms with Gasteiger partial charge < -0.3 is 31.2 Å². The molecule has 2 saturated carbocycles. The van der Waals surface area contributed by atoms with E-state index in [-0.39, 0.29) is 28.9 Å². The Morgan fingerprint density at radius 1 is 0.553 bits per heavy atom. The number of para-hydroxylation sites is 2. The van der Waals surface area contributed by atoms with Crippen LogP contribution in [0.15, 0.2) is 204 Å². The van der Waals surface area contributed by atoms with Gasteiger partial charge >= 0.3 is 11.4 Å². The van der Waals surface area contributed by atoms with Crippen LogP contribution in [0.5, 0.6) is 23.0 Å². The van der Waals surface area contributed by atoms with Crippen molar-refractivity contribution in [3.63, 3.8) is 0 Å². The van der Waals surface area contributed by atoms with Gasteiger partial charge in [0, 0.05) is 56.7 Å². The number of nitrogens with two attached hydrogens (primary N) is 2. The highest BCUT2D eigenvalue weighted by molar-refractivity contribution is 6.66. The molecule has 0 unspecified atom stereocenters. The predicted molar refractivity (Wildman–Crippen MR) is 334 cm³/mol. The number of nitrogen functional groups attached to an aromatic ring is 2. The Bertz CT molecular complexity index is 4160. The maximum atomic E-state index is 14.0. The summed E-state index contributed by atoms with van der Waals surface area (Å²) < 4.78 is 17.8. The average molecular weight is 1160 g/mol. The molecular formula is C64H63ClN14O6. The summed E-state index contributed by atoms with van der Waals surface area (Å²) in [6.07, 6.45) is 14.4. The van der Waals surface area contributed by atoms with Gasteiger partial charge in [0.15, 0.2) is 22.9 Å². The fourth-order valence-corrected chi connectivity index (χ4v) is 9.54. The van der Waals surface area contributed by atoms with Crippen molar-refractivity contribution in [3.05, 3.63) is 216 Å². The van der Waals surface area contributed by atoms with Gasteiger partial charge in [0.25, 0.3) is 0 Å². The molecule has 0 bridgehead atoms. The number of nitrogens with one attached hydrogen (secondary N) is 1. The molecule has 10 aromatic rings. The number of imidazole rings is 2. The molecule has 0 radical (unpaired) electrons. The number of benzene rings is 6. The van der Waals surface area contributed by atoms with Crippen molar-refractivity contribution in [1.82, 2.24) is 48.0 Å². The molecule has 432 valence electrons. The van der Waals surface area contributed by atoms with Crippen LogP contribution < -0.4 is 42.5 Å². The standard InChI is InChI=1S/C32H31N7O3.C24H20N6O2.C8H12ClNO/c1-36(22-13-14-22)19-7-12-28(40)37(2)24-8-6-9-25(20-24)39-31-29(30(33)34-21-35-31)38(32(39)41)23-15-17-27(18-16-23)42-26-10-4-3-5-11-26;1-26-16-6-5-7-18(14-16)30-23-21(22(25)27-15-28-23)29(24(30)31)17-10-12-20(13-11-17)32-19-8-3-2-4-9-19;1-10(7-4-5-7)6-2-3-8(9)11/h3-12,15-18,20-22H,13-14,19H2,1-2H3,(H2,33,34,35);2-15,26H,1H3,(H2,25,27,28);2-3,7H,4-6H2,1H3/b12-7+;;3-2+. The summed E-state index contributed by atoms with van der Waals surface area (Å²) in [6, 6.07) is 49.4. The molecule has 20 nitrogen and oxygen atoms in total. The molecule has 6 aromatic carbocycles. The molecule has 4 heterocycles. The number of amides is 1. The molecule has 12 rings (SSSR count). The Hall–Kier alpha value is -10.2. The van der Waals surface area contributed by atoms with E-state index in [4.69, 9.17) is 32.5 Å². The highest BCUT2D eigenvalue weighted by atomic mass is 35.5. The van der Waals surface area contributed by atoms with Crippen molar-refractivity contribution in [2.45, 2.75) is 37.8 Å². The van der Waals surface area contributed by atoms with E-state index in [0.717, 1.165) is 30.6 Å². The lowest BCUT2D eigenvalue weighted by Crippen LogP contribution is -2.26. The monoisotopic (exact) mass is 1160 g/mol. The molecule has 0 spiro atoms. The molecule has 0 aliphatic heterocycles. The molecule has 2 aliphatic carbocycles. The number of likely N-dealkylation sites (N-methyl/N-ethyl adjacent to an activating group) is 3. The number of hydrogen-bond donors (Lipinski definition) is 3. The Morgan fingerprint density at radius 2 is 0.988 bits per heavy atom. The fraction of sp³-hybridized carbons (Fsp3) is 0.188. The quantitative estimate of drug-likeness (QED) is 0.0536. The van der Waals surface area contributed by atoms with Crippen LogP contribution in [0.4, 0.5) is 23.0 Å². The van der Waals surface area contributed by atoms with Crippen molar-refractivity contribution in [1.29, 1.82) is 0 Å². The molecule has 2 aliphatic rings. The van der Waals surface area contributed by atoms with E-state index in [1.54, 1.807) is 90.8 Å². The number of hydrogen-bond acceptors (Lipinski definition) is 15. The largest absolute Gasteiger partial charge is 0.457 e. The number of carbonyl (C=O) groups excluding carboxylic acids is 2. The summed E-state index contributed by atoms with van der Waals surface area (Å²) in [4.78, 5) is 73.8. The summed E-state index contributed by atoms with van der Waals surface area (Å²) >= 11 is 5.11. The van der Waals surface area contributed by atoms with E-state index < -0.39 is 5.24 Å². The SMILES string of the molecule is CN(C(=O)/C=C/CN(C)C1CC1)c1cccc(-n2c(=O)n(-c3ccc(Oc4ccccc4)cc3)c3c(N)ncnc32)c1.CN(C/C=C/C(=O)Cl)C1CC1.CNc1cccc(-n2c(=O)n(-c3ccc(Oc4ccccc4)cc3)c3c(N)ncnc32)c1. The van der Waals surface area contributed by atoms with E-state index in [1.807, 2.05) is 104 Å². The number of carbonyl (C=O) groups is 2. The average Bonchev–Trinajstić information content (AvgIpc) is 1.86. The molecule has 85 heavy (non-hydrogen) atoms. The lowest BCUT2D eigenvalue weighted by atomic mass is 10.2. The lowest BCUT2D eigenvalue weighted by Gasteiger charge is -2.17. The number of nitrogens with zero attached hydrogens (tertiary/aromatic N) is 11. The van der Waals surface area contributed by atoms with E-state index in [1.165, 1.54) is 62.7 Å². The first kappa shape index (κ1) is 58.1. The van der Waals surface area contributed by atoms with E-state index in [0.29, 0.717) is 74.1 Å². The maximum Gasteiger partial charge on any atom is 0.339 e. The lowest BCUT2D eigenvalue weighted by molar-refractivity contribution is -0.114. The van der Waals surface area contributed by atoms with Crippen LogP contribution in [-0.2, 0) is 9.59 Å². The third kappa shape index (κ3) is 13.9. The van der Waals surface area contributed by atoms with Gasteiger partial charge in [-0.3, -0.25) is 28.5 Å². The summed E-state index contributed by atoms with van der Waals surface area (Å²) in [5.41, 5.74) is 17.3. The predicted octanol–water partition coefficient (Wildman–Crippen LogP) is 9.95. The van der Waals surface area contributed by atoms with Crippen LogP contribution in [0, 0.1) is 0 Å². The molecule has 4 aromatic heterocycles. The highest BCUT2D eigenvalue weighted by Gasteiger charge is 2.27. The van der Waals surface area contributed by atoms with Gasteiger partial charge in [0.05, 0.1) is 22.7 Å². The van der Waals surface area contributed by atoms with Crippen LogP contribution in [-0.4, -0.2) is 113 Å². The van der Waals surface area contributed by atoms with E-state index in [2.05, 4.69) is 49.1 Å². The molecular weight excluding hydrogens is 1100 g/mol. The molecule has 21 heteroatoms. The summed E-state index contributed by atoms with van der Waals surface area (Å²) in [5.74, 6) is 2.96. The van der Waals surface area contributed by atoms with E-state index >= 15 is 0 Å². The zero-order chi connectivity index (χ0) is 59.6. The molecule has 0 atom stereocenters. The Balaban J connectivity index is 0.000000164. The number of anilines is 4.